The normalized spacial score (nSPS) is 21.8. The van der Waals surface area contributed by atoms with Gasteiger partial charge in [0.1, 0.15) is 6.61 Å². The molecule has 1 aromatic carbocycles. The monoisotopic (exact) mass is 309 g/mol. The van der Waals surface area contributed by atoms with Gasteiger partial charge in [0.25, 0.3) is 0 Å². The Morgan fingerprint density at radius 3 is 2.62 bits per heavy atom. The van der Waals surface area contributed by atoms with Crippen molar-refractivity contribution in [2.75, 3.05) is 13.7 Å². The molecule has 1 aliphatic carbocycles. The van der Waals surface area contributed by atoms with Gasteiger partial charge in [0, 0.05) is 18.7 Å². The molecule has 1 saturated carbocycles. The lowest BCUT2D eigenvalue weighted by Crippen LogP contribution is -2.33. The molecule has 5 nitrogen and oxygen atoms in total. The second kappa shape index (κ2) is 7.05. The van der Waals surface area contributed by atoms with Gasteiger partial charge in [-0.2, -0.15) is 0 Å². The number of ether oxygens (including phenoxy) is 1. The highest BCUT2D eigenvalue weighted by atomic mass is 32.2. The molecule has 0 aliphatic heterocycles. The van der Waals surface area contributed by atoms with Crippen LogP contribution in [0.2, 0.25) is 0 Å². The quantitative estimate of drug-likeness (QED) is 0.810. The second-order valence-corrected chi connectivity index (χ2v) is 6.69. The van der Waals surface area contributed by atoms with Gasteiger partial charge in [0.2, 0.25) is 10.0 Å². The van der Waals surface area contributed by atoms with Crippen LogP contribution in [-0.4, -0.2) is 39.4 Å². The summed E-state index contributed by atoms with van der Waals surface area (Å²) in [7, 11) is -1.87. The summed E-state index contributed by atoms with van der Waals surface area (Å²) in [6.07, 6.45) is 2.50. The molecule has 1 aliphatic rings. The Balaban J connectivity index is 2.06. The molecule has 1 aromatic rings. The average Bonchev–Trinajstić information content (AvgIpc) is 2.92. The number of rotatable bonds is 4. The lowest BCUT2D eigenvalue weighted by molar-refractivity contribution is 0.107. The minimum absolute atomic E-state index is 0.0752. The molecule has 0 bridgehead atoms. The molecule has 0 amide bonds. The molecule has 0 spiro atoms. The van der Waals surface area contributed by atoms with Crippen molar-refractivity contribution in [2.24, 2.45) is 0 Å². The van der Waals surface area contributed by atoms with Gasteiger partial charge in [-0.05, 0) is 43.5 Å². The Morgan fingerprint density at radius 2 is 2.05 bits per heavy atom. The average molecular weight is 309 g/mol. The van der Waals surface area contributed by atoms with Crippen molar-refractivity contribution in [1.82, 2.24) is 4.72 Å². The van der Waals surface area contributed by atoms with Gasteiger partial charge in [-0.15, -0.1) is 0 Å². The van der Waals surface area contributed by atoms with Crippen LogP contribution in [0.15, 0.2) is 29.2 Å². The molecule has 2 unspecified atom stereocenters. The number of sulfonamides is 1. The fourth-order valence-electron chi connectivity index (χ4n) is 2.41. The first kappa shape index (κ1) is 16.0. The molecule has 114 valence electrons. The van der Waals surface area contributed by atoms with Crippen molar-refractivity contribution in [1.29, 1.82) is 0 Å². The highest BCUT2D eigenvalue weighted by Gasteiger charge is 2.28. The van der Waals surface area contributed by atoms with E-state index in [0.717, 1.165) is 12.8 Å². The molecule has 2 rings (SSSR count). The SMILES string of the molecule is COC1CCC(NS(=O)(=O)c2ccc(C#CCO)cc2)C1. The number of hydrogen-bond donors (Lipinski definition) is 2. The summed E-state index contributed by atoms with van der Waals surface area (Å²) in [4.78, 5) is 0.220. The predicted octanol–water partition coefficient (Wildman–Crippen LogP) is 0.876. The topological polar surface area (TPSA) is 75.6 Å². The van der Waals surface area contributed by atoms with Crippen LogP contribution < -0.4 is 4.72 Å². The van der Waals surface area contributed by atoms with Crippen molar-refractivity contribution >= 4 is 10.0 Å². The van der Waals surface area contributed by atoms with E-state index in [9.17, 15) is 8.42 Å². The first-order valence-corrected chi connectivity index (χ1v) is 8.28. The second-order valence-electron chi connectivity index (χ2n) is 4.97. The van der Waals surface area contributed by atoms with Crippen LogP contribution in [0.5, 0.6) is 0 Å². The molecule has 0 saturated heterocycles. The minimum atomic E-state index is -3.52. The summed E-state index contributed by atoms with van der Waals surface area (Å²) in [6, 6.07) is 6.22. The van der Waals surface area contributed by atoms with Gasteiger partial charge in [-0.1, -0.05) is 11.8 Å². The fourth-order valence-corrected chi connectivity index (χ4v) is 3.69. The van der Waals surface area contributed by atoms with Crippen LogP contribution in [0, 0.1) is 11.8 Å². The number of methoxy groups -OCH3 is 1. The Kier molecular flexibility index (Phi) is 5.37. The maximum atomic E-state index is 12.3. The summed E-state index contributed by atoms with van der Waals surface area (Å²) in [5.41, 5.74) is 0.670. The minimum Gasteiger partial charge on any atom is -0.384 e. The van der Waals surface area contributed by atoms with E-state index in [1.165, 1.54) is 12.1 Å². The molecule has 2 N–H and O–H groups in total. The van der Waals surface area contributed by atoms with E-state index in [0.29, 0.717) is 12.0 Å². The van der Waals surface area contributed by atoms with Crippen LogP contribution in [0.1, 0.15) is 24.8 Å². The number of nitrogens with one attached hydrogen (secondary N) is 1. The maximum Gasteiger partial charge on any atom is 0.240 e. The summed E-state index contributed by atoms with van der Waals surface area (Å²) in [5, 5.41) is 8.62. The van der Waals surface area contributed by atoms with Gasteiger partial charge in [-0.25, -0.2) is 13.1 Å². The molecular weight excluding hydrogens is 290 g/mol. The van der Waals surface area contributed by atoms with Crippen molar-refractivity contribution in [3.63, 3.8) is 0 Å². The van der Waals surface area contributed by atoms with E-state index in [-0.39, 0.29) is 23.6 Å². The summed E-state index contributed by atoms with van der Waals surface area (Å²) < 4.78 is 32.5. The van der Waals surface area contributed by atoms with Crippen molar-refractivity contribution in [3.05, 3.63) is 29.8 Å². The molecule has 21 heavy (non-hydrogen) atoms. The third-order valence-corrected chi connectivity index (χ3v) is 5.05. The van der Waals surface area contributed by atoms with Gasteiger partial charge >= 0.3 is 0 Å². The van der Waals surface area contributed by atoms with Crippen LogP contribution in [0.3, 0.4) is 0 Å². The summed E-state index contributed by atoms with van der Waals surface area (Å²) >= 11 is 0. The van der Waals surface area contributed by atoms with Crippen molar-refractivity contribution in [3.8, 4) is 11.8 Å². The Morgan fingerprint density at radius 1 is 1.33 bits per heavy atom. The van der Waals surface area contributed by atoms with E-state index >= 15 is 0 Å². The highest BCUT2D eigenvalue weighted by Crippen LogP contribution is 2.23. The predicted molar refractivity (Wildman–Crippen MR) is 79.2 cm³/mol. The number of aliphatic hydroxyl groups is 1. The van der Waals surface area contributed by atoms with Crippen LogP contribution in [0.4, 0.5) is 0 Å². The molecule has 0 heterocycles. The molecular formula is C15H19NO4S. The van der Waals surface area contributed by atoms with E-state index < -0.39 is 10.0 Å². The van der Waals surface area contributed by atoms with Gasteiger partial charge < -0.3 is 9.84 Å². The number of aliphatic hydroxyl groups excluding tert-OH is 1. The van der Waals surface area contributed by atoms with E-state index in [2.05, 4.69) is 16.6 Å². The maximum absolute atomic E-state index is 12.3. The molecule has 0 aromatic heterocycles. The number of benzene rings is 1. The number of hydrogen-bond acceptors (Lipinski definition) is 4. The van der Waals surface area contributed by atoms with E-state index in [1.807, 2.05) is 0 Å². The molecule has 6 heteroatoms. The van der Waals surface area contributed by atoms with Crippen LogP contribution in [0.25, 0.3) is 0 Å². The van der Waals surface area contributed by atoms with E-state index in [4.69, 9.17) is 9.84 Å². The zero-order valence-corrected chi connectivity index (χ0v) is 12.7. The van der Waals surface area contributed by atoms with Crippen molar-refractivity contribution < 1.29 is 18.3 Å². The van der Waals surface area contributed by atoms with Crippen LogP contribution in [-0.2, 0) is 14.8 Å². The summed E-state index contributed by atoms with van der Waals surface area (Å²) in [6.45, 7) is -0.218. The lowest BCUT2D eigenvalue weighted by Gasteiger charge is -2.13. The Bertz CT molecular complexity index is 628. The lowest BCUT2D eigenvalue weighted by atomic mass is 10.2. The Hall–Kier alpha value is -1.39. The third kappa shape index (κ3) is 4.29. The zero-order chi connectivity index (χ0) is 15.3. The third-order valence-electron chi connectivity index (χ3n) is 3.52. The van der Waals surface area contributed by atoms with E-state index in [1.54, 1.807) is 19.2 Å². The molecule has 1 fully saturated rings. The van der Waals surface area contributed by atoms with Crippen LogP contribution >= 0.6 is 0 Å². The zero-order valence-electron chi connectivity index (χ0n) is 11.9. The first-order valence-electron chi connectivity index (χ1n) is 6.80. The first-order chi connectivity index (χ1) is 10.0. The largest absolute Gasteiger partial charge is 0.384 e. The van der Waals surface area contributed by atoms with Gasteiger partial charge in [-0.3, -0.25) is 0 Å². The Labute approximate surface area is 125 Å². The van der Waals surface area contributed by atoms with Gasteiger partial charge in [0.15, 0.2) is 0 Å². The standard InChI is InChI=1S/C15H19NO4S/c1-20-14-7-6-13(11-14)16-21(18,19)15-8-4-12(5-9-15)3-2-10-17/h4-5,8-9,13-14,16-17H,6-7,10-11H2,1H3. The molecule has 2 atom stereocenters. The van der Waals surface area contributed by atoms with Crippen molar-refractivity contribution in [2.45, 2.75) is 36.3 Å². The smallest absolute Gasteiger partial charge is 0.240 e. The molecule has 0 radical (unpaired) electrons. The highest BCUT2D eigenvalue weighted by molar-refractivity contribution is 7.89. The fraction of sp³-hybridized carbons (Fsp3) is 0.467. The van der Waals surface area contributed by atoms with Gasteiger partial charge in [0.05, 0.1) is 11.0 Å². The summed E-state index contributed by atoms with van der Waals surface area (Å²) in [5.74, 6) is 5.25.